The van der Waals surface area contributed by atoms with Gasteiger partial charge in [-0.3, -0.25) is 4.79 Å². The van der Waals surface area contributed by atoms with Gasteiger partial charge in [-0.15, -0.1) is 0 Å². The minimum absolute atomic E-state index is 0.0132. The summed E-state index contributed by atoms with van der Waals surface area (Å²) in [6.07, 6.45) is 2.96. The molecule has 138 valence electrons. The Morgan fingerprint density at radius 3 is 2.15 bits per heavy atom. The van der Waals surface area contributed by atoms with Gasteiger partial charge in [-0.1, -0.05) is 29.8 Å². The summed E-state index contributed by atoms with van der Waals surface area (Å²) in [6.45, 7) is 1.90. The van der Waals surface area contributed by atoms with Gasteiger partial charge in [0.2, 0.25) is 11.9 Å². The Kier molecular flexibility index (Phi) is 5.18. The molecule has 7 nitrogen and oxygen atoms in total. The number of nitrogens with two attached hydrogens (primary N) is 1. The van der Waals surface area contributed by atoms with Gasteiger partial charge < -0.3 is 5.73 Å². The zero-order valence-electron chi connectivity index (χ0n) is 14.6. The smallest absolute Gasteiger partial charge is 0.266 e. The van der Waals surface area contributed by atoms with Crippen LogP contribution >= 0.6 is 0 Å². The van der Waals surface area contributed by atoms with Crippen LogP contribution in [0.25, 0.3) is 0 Å². The first-order chi connectivity index (χ1) is 12.9. The molecule has 3 aromatic rings. The highest BCUT2D eigenvalue weighted by Crippen LogP contribution is 2.23. The molecule has 0 spiro atoms. The van der Waals surface area contributed by atoms with Gasteiger partial charge in [-0.25, -0.2) is 22.7 Å². The Morgan fingerprint density at radius 2 is 1.59 bits per heavy atom. The van der Waals surface area contributed by atoms with Crippen LogP contribution in [0.3, 0.4) is 0 Å². The van der Waals surface area contributed by atoms with Crippen LogP contribution in [0.5, 0.6) is 0 Å². The van der Waals surface area contributed by atoms with Crippen molar-refractivity contribution in [2.75, 3.05) is 4.31 Å². The number of amides is 1. The van der Waals surface area contributed by atoms with Crippen molar-refractivity contribution in [1.82, 2.24) is 9.97 Å². The molecule has 0 radical (unpaired) electrons. The van der Waals surface area contributed by atoms with Crippen molar-refractivity contribution < 1.29 is 13.2 Å². The maximum absolute atomic E-state index is 13.2. The van der Waals surface area contributed by atoms with Gasteiger partial charge in [0.05, 0.1) is 11.4 Å². The van der Waals surface area contributed by atoms with E-state index in [9.17, 15) is 13.2 Å². The van der Waals surface area contributed by atoms with Gasteiger partial charge in [-0.05, 0) is 42.8 Å². The topological polar surface area (TPSA) is 106 Å². The fourth-order valence-corrected chi connectivity index (χ4v) is 3.82. The molecular weight excluding hydrogens is 364 g/mol. The number of carbonyl (C=O) groups excluding carboxylic acids is 1. The average Bonchev–Trinajstić information content (AvgIpc) is 2.67. The summed E-state index contributed by atoms with van der Waals surface area (Å²) in [5.41, 5.74) is 7.22. The predicted molar refractivity (Wildman–Crippen MR) is 102 cm³/mol. The van der Waals surface area contributed by atoms with Gasteiger partial charge in [0.1, 0.15) is 0 Å². The second-order valence-electron chi connectivity index (χ2n) is 5.93. The molecule has 0 unspecified atom stereocenters. The van der Waals surface area contributed by atoms with Crippen LogP contribution in [0.4, 0.5) is 5.95 Å². The first-order valence-corrected chi connectivity index (χ1v) is 9.57. The normalized spacial score (nSPS) is 11.1. The monoisotopic (exact) mass is 382 g/mol. The van der Waals surface area contributed by atoms with E-state index in [-0.39, 0.29) is 17.4 Å². The highest BCUT2D eigenvalue weighted by molar-refractivity contribution is 7.92. The average molecular weight is 382 g/mol. The first kappa shape index (κ1) is 18.5. The molecule has 1 amide bonds. The zero-order chi connectivity index (χ0) is 19.4. The molecule has 0 bridgehead atoms. The van der Waals surface area contributed by atoms with Crippen LogP contribution in [0.2, 0.25) is 0 Å². The lowest BCUT2D eigenvalue weighted by Gasteiger charge is -2.22. The summed E-state index contributed by atoms with van der Waals surface area (Å²) in [5.74, 6) is -0.478. The third-order valence-electron chi connectivity index (χ3n) is 3.95. The lowest BCUT2D eigenvalue weighted by molar-refractivity contribution is 0.100. The molecule has 0 aliphatic carbocycles. The summed E-state index contributed by atoms with van der Waals surface area (Å²) in [4.78, 5) is 19.6. The number of aromatic nitrogens is 2. The number of carbonyl (C=O) groups is 1. The molecule has 0 atom stereocenters. The second kappa shape index (κ2) is 7.55. The lowest BCUT2D eigenvalue weighted by Crippen LogP contribution is -2.32. The molecule has 1 aromatic heterocycles. The molecule has 0 aliphatic rings. The number of anilines is 1. The number of hydrogen-bond acceptors (Lipinski definition) is 5. The van der Waals surface area contributed by atoms with Crippen molar-refractivity contribution in [2.24, 2.45) is 5.73 Å². The third kappa shape index (κ3) is 4.12. The maximum atomic E-state index is 13.2. The van der Waals surface area contributed by atoms with E-state index < -0.39 is 15.9 Å². The fourth-order valence-electron chi connectivity index (χ4n) is 2.46. The molecule has 2 aromatic carbocycles. The van der Waals surface area contributed by atoms with Crippen LogP contribution < -0.4 is 10.0 Å². The van der Waals surface area contributed by atoms with E-state index in [0.29, 0.717) is 11.1 Å². The number of benzene rings is 2. The van der Waals surface area contributed by atoms with E-state index in [1.54, 1.807) is 54.6 Å². The van der Waals surface area contributed by atoms with E-state index in [2.05, 4.69) is 9.97 Å². The number of nitrogens with zero attached hydrogens (tertiary/aromatic N) is 3. The summed E-state index contributed by atoms with van der Waals surface area (Å²) in [6, 6.07) is 14.6. The molecule has 0 saturated carbocycles. The molecule has 8 heteroatoms. The lowest BCUT2D eigenvalue weighted by atomic mass is 10.1. The van der Waals surface area contributed by atoms with Crippen LogP contribution in [0.1, 0.15) is 21.5 Å². The number of sulfonamides is 1. The molecule has 0 fully saturated rings. The highest BCUT2D eigenvalue weighted by Gasteiger charge is 2.27. The van der Waals surface area contributed by atoms with Crippen LogP contribution in [0, 0.1) is 6.92 Å². The van der Waals surface area contributed by atoms with E-state index in [1.807, 2.05) is 6.92 Å². The quantitative estimate of drug-likeness (QED) is 0.704. The molecule has 0 aliphatic heterocycles. The van der Waals surface area contributed by atoms with Crippen molar-refractivity contribution in [2.45, 2.75) is 18.4 Å². The number of aryl methyl sites for hydroxylation is 1. The van der Waals surface area contributed by atoms with E-state index in [1.165, 1.54) is 12.4 Å². The van der Waals surface area contributed by atoms with Gasteiger partial charge >= 0.3 is 0 Å². The highest BCUT2D eigenvalue weighted by atomic mass is 32.2. The molecular formula is C19H18N4O3S. The summed E-state index contributed by atoms with van der Waals surface area (Å²) < 4.78 is 27.5. The Labute approximate surface area is 157 Å². The van der Waals surface area contributed by atoms with Gasteiger partial charge in [-0.2, -0.15) is 0 Å². The Hall–Kier alpha value is -3.26. The summed E-state index contributed by atoms with van der Waals surface area (Å²) >= 11 is 0. The van der Waals surface area contributed by atoms with Crippen molar-refractivity contribution in [3.05, 3.63) is 83.7 Å². The number of primary amides is 1. The van der Waals surface area contributed by atoms with Gasteiger partial charge in [0.15, 0.2) is 0 Å². The van der Waals surface area contributed by atoms with Gasteiger partial charge in [0, 0.05) is 18.0 Å². The second-order valence-corrected chi connectivity index (χ2v) is 7.80. The largest absolute Gasteiger partial charge is 0.366 e. The van der Waals surface area contributed by atoms with Gasteiger partial charge in [0.25, 0.3) is 10.0 Å². The maximum Gasteiger partial charge on any atom is 0.266 e. The minimum Gasteiger partial charge on any atom is -0.366 e. The molecule has 3 rings (SSSR count). The van der Waals surface area contributed by atoms with E-state index in [0.717, 1.165) is 9.87 Å². The Morgan fingerprint density at radius 1 is 1.00 bits per heavy atom. The van der Waals surface area contributed by atoms with E-state index >= 15 is 0 Å². The van der Waals surface area contributed by atoms with Crippen molar-refractivity contribution in [3.8, 4) is 0 Å². The van der Waals surface area contributed by atoms with Crippen LogP contribution in [0.15, 0.2) is 71.9 Å². The summed E-state index contributed by atoms with van der Waals surface area (Å²) in [7, 11) is -3.88. The van der Waals surface area contributed by atoms with E-state index in [4.69, 9.17) is 5.73 Å². The van der Waals surface area contributed by atoms with Crippen molar-refractivity contribution in [3.63, 3.8) is 0 Å². The van der Waals surface area contributed by atoms with Crippen molar-refractivity contribution in [1.29, 1.82) is 0 Å². The fraction of sp³-hybridized carbons (Fsp3) is 0.105. The predicted octanol–water partition coefficient (Wildman–Crippen LogP) is 2.28. The standard InChI is InChI=1S/C19H18N4O3S/c1-14-3-9-17(10-4-14)27(25,26)23(19-21-11-2-12-22-19)13-15-5-7-16(8-6-15)18(20)24/h2-12H,13H2,1H3,(H2,20,24). The zero-order valence-corrected chi connectivity index (χ0v) is 15.4. The van der Waals surface area contributed by atoms with Crippen LogP contribution in [-0.4, -0.2) is 24.3 Å². The first-order valence-electron chi connectivity index (χ1n) is 8.13. The minimum atomic E-state index is -3.88. The molecule has 1 heterocycles. The number of rotatable bonds is 6. The molecule has 0 saturated heterocycles. The third-order valence-corrected chi connectivity index (χ3v) is 5.69. The Bertz CT molecular complexity index is 1030. The Balaban J connectivity index is 2.01. The van der Waals surface area contributed by atoms with Crippen LogP contribution in [-0.2, 0) is 16.6 Å². The SMILES string of the molecule is Cc1ccc(S(=O)(=O)N(Cc2ccc(C(N)=O)cc2)c2ncccn2)cc1. The molecule has 2 N–H and O–H groups in total. The van der Waals surface area contributed by atoms with Crippen molar-refractivity contribution >= 4 is 21.9 Å². The molecule has 27 heavy (non-hydrogen) atoms. The summed E-state index contributed by atoms with van der Waals surface area (Å²) in [5, 5.41) is 0. The number of hydrogen-bond donors (Lipinski definition) is 1.